The number of nitrogens with one attached hydrogen (secondary N) is 1. The Balaban J connectivity index is 1.99. The van der Waals surface area contributed by atoms with E-state index in [9.17, 15) is 0 Å². The Morgan fingerprint density at radius 2 is 1.60 bits per heavy atom. The number of rotatable bonds is 7. The summed E-state index contributed by atoms with van der Waals surface area (Å²) < 4.78 is 12.6. The number of H-pyrrole nitrogens is 1. The predicted octanol–water partition coefficient (Wildman–Crippen LogP) is 5.58. The van der Waals surface area contributed by atoms with Crippen molar-refractivity contribution >= 4 is 15.9 Å². The molecule has 3 aromatic rings. The highest BCUT2D eigenvalue weighted by Gasteiger charge is 2.18. The van der Waals surface area contributed by atoms with Crippen LogP contribution in [-0.2, 0) is 9.47 Å². The lowest BCUT2D eigenvalue weighted by molar-refractivity contribution is -0.139. The van der Waals surface area contributed by atoms with Crippen molar-refractivity contribution in [3.8, 4) is 22.5 Å². The Morgan fingerprint density at radius 1 is 0.960 bits per heavy atom. The average Bonchev–Trinajstić information content (AvgIpc) is 3.12. The number of aromatic nitrogens is 2. The first kappa shape index (κ1) is 17.9. The first-order chi connectivity index (χ1) is 12.2. The maximum absolute atomic E-state index is 5.78. The molecule has 4 nitrogen and oxygen atoms in total. The highest BCUT2D eigenvalue weighted by atomic mass is 79.9. The normalized spacial score (nSPS) is 11.2. The van der Waals surface area contributed by atoms with Gasteiger partial charge in [0.05, 0.1) is 11.4 Å². The quantitative estimate of drug-likeness (QED) is 0.526. The van der Waals surface area contributed by atoms with E-state index in [0.717, 1.165) is 32.6 Å². The second-order valence-corrected chi connectivity index (χ2v) is 6.33. The third-order valence-corrected chi connectivity index (χ3v) is 4.56. The molecule has 0 saturated carbocycles. The molecule has 0 aliphatic rings. The third-order valence-electron chi connectivity index (χ3n) is 3.87. The first-order valence-corrected chi connectivity index (χ1v) is 9.16. The van der Waals surface area contributed by atoms with Gasteiger partial charge in [-0.15, -0.1) is 0 Å². The van der Waals surface area contributed by atoms with Crippen molar-refractivity contribution in [1.82, 2.24) is 10.2 Å². The average molecular weight is 401 g/mol. The first-order valence-electron chi connectivity index (χ1n) is 8.37. The SMILES string of the molecule is CCOC(OCC)c1ccccc1-c1cc(-c2ccccc2Br)n[nH]1. The van der Waals surface area contributed by atoms with Crippen molar-refractivity contribution in [1.29, 1.82) is 0 Å². The molecule has 0 bridgehead atoms. The molecule has 0 aliphatic heterocycles. The van der Waals surface area contributed by atoms with Crippen LogP contribution in [-0.4, -0.2) is 23.4 Å². The number of nitrogens with zero attached hydrogens (tertiary/aromatic N) is 1. The molecule has 1 heterocycles. The van der Waals surface area contributed by atoms with E-state index >= 15 is 0 Å². The molecule has 0 spiro atoms. The van der Waals surface area contributed by atoms with Crippen molar-refractivity contribution in [2.75, 3.05) is 13.2 Å². The van der Waals surface area contributed by atoms with Crippen LogP contribution < -0.4 is 0 Å². The van der Waals surface area contributed by atoms with Gasteiger partial charge in [-0.2, -0.15) is 5.10 Å². The van der Waals surface area contributed by atoms with Crippen LogP contribution in [0.3, 0.4) is 0 Å². The molecule has 25 heavy (non-hydrogen) atoms. The highest BCUT2D eigenvalue weighted by molar-refractivity contribution is 9.10. The van der Waals surface area contributed by atoms with Gasteiger partial charge in [0.25, 0.3) is 0 Å². The third kappa shape index (κ3) is 4.00. The second kappa shape index (κ2) is 8.43. The van der Waals surface area contributed by atoms with Crippen LogP contribution in [0.1, 0.15) is 25.7 Å². The standard InChI is InChI=1S/C20H21BrN2O2/c1-3-24-20(25-4-2)15-10-6-5-9-14(15)18-13-19(23-22-18)16-11-7-8-12-17(16)21/h5-13,20H,3-4H2,1-2H3,(H,22,23). The summed E-state index contributed by atoms with van der Waals surface area (Å²) in [6.45, 7) is 5.11. The van der Waals surface area contributed by atoms with Crippen molar-refractivity contribution < 1.29 is 9.47 Å². The second-order valence-electron chi connectivity index (χ2n) is 5.48. The molecule has 0 aliphatic carbocycles. The smallest absolute Gasteiger partial charge is 0.184 e. The van der Waals surface area contributed by atoms with Gasteiger partial charge in [-0.1, -0.05) is 58.4 Å². The van der Waals surface area contributed by atoms with Crippen LogP contribution in [0.25, 0.3) is 22.5 Å². The van der Waals surface area contributed by atoms with E-state index in [2.05, 4.69) is 32.2 Å². The molecule has 0 amide bonds. The van der Waals surface area contributed by atoms with Crippen LogP contribution in [0.2, 0.25) is 0 Å². The van der Waals surface area contributed by atoms with Crippen LogP contribution in [0.5, 0.6) is 0 Å². The van der Waals surface area contributed by atoms with E-state index in [1.54, 1.807) is 0 Å². The van der Waals surface area contributed by atoms with Crippen LogP contribution in [0.4, 0.5) is 0 Å². The Morgan fingerprint density at radius 3 is 2.28 bits per heavy atom. The number of halogens is 1. The van der Waals surface area contributed by atoms with E-state index in [-0.39, 0.29) is 6.29 Å². The maximum atomic E-state index is 5.78. The molecule has 2 aromatic carbocycles. The largest absolute Gasteiger partial charge is 0.349 e. The van der Waals surface area contributed by atoms with Crippen molar-refractivity contribution in [3.05, 3.63) is 64.6 Å². The lowest BCUT2D eigenvalue weighted by Crippen LogP contribution is -2.10. The van der Waals surface area contributed by atoms with E-state index in [4.69, 9.17) is 9.47 Å². The van der Waals surface area contributed by atoms with Crippen LogP contribution >= 0.6 is 15.9 Å². The zero-order valence-electron chi connectivity index (χ0n) is 14.3. The van der Waals surface area contributed by atoms with Crippen molar-refractivity contribution in [2.24, 2.45) is 0 Å². The number of hydrogen-bond acceptors (Lipinski definition) is 3. The molecular weight excluding hydrogens is 380 g/mol. The van der Waals surface area contributed by atoms with Gasteiger partial charge in [0, 0.05) is 34.4 Å². The molecule has 1 aromatic heterocycles. The minimum Gasteiger partial charge on any atom is -0.349 e. The van der Waals surface area contributed by atoms with Gasteiger partial charge in [-0.25, -0.2) is 0 Å². The molecule has 5 heteroatoms. The summed E-state index contributed by atoms with van der Waals surface area (Å²) >= 11 is 3.58. The van der Waals surface area contributed by atoms with Gasteiger partial charge in [0.15, 0.2) is 6.29 Å². The van der Waals surface area contributed by atoms with E-state index in [1.807, 2.05) is 62.4 Å². The van der Waals surface area contributed by atoms with Crippen molar-refractivity contribution in [2.45, 2.75) is 20.1 Å². The molecule has 0 fully saturated rings. The molecule has 0 radical (unpaired) electrons. The monoisotopic (exact) mass is 400 g/mol. The fourth-order valence-corrected chi connectivity index (χ4v) is 3.23. The fourth-order valence-electron chi connectivity index (χ4n) is 2.74. The number of ether oxygens (including phenoxy) is 2. The summed E-state index contributed by atoms with van der Waals surface area (Å²) in [6, 6.07) is 18.2. The number of hydrogen-bond donors (Lipinski definition) is 1. The molecule has 3 rings (SSSR count). The van der Waals surface area contributed by atoms with Gasteiger partial charge >= 0.3 is 0 Å². The Hall–Kier alpha value is -1.95. The zero-order valence-corrected chi connectivity index (χ0v) is 15.9. The fraction of sp³-hybridized carbons (Fsp3) is 0.250. The summed E-state index contributed by atoms with van der Waals surface area (Å²) in [7, 11) is 0. The summed E-state index contributed by atoms with van der Waals surface area (Å²) in [5.41, 5.74) is 4.90. The van der Waals surface area contributed by atoms with Gasteiger partial charge in [0.2, 0.25) is 0 Å². The van der Waals surface area contributed by atoms with Gasteiger partial charge < -0.3 is 9.47 Å². The van der Waals surface area contributed by atoms with Gasteiger partial charge in [0.1, 0.15) is 0 Å². The molecule has 130 valence electrons. The summed E-state index contributed by atoms with van der Waals surface area (Å²) in [4.78, 5) is 0. The van der Waals surface area contributed by atoms with E-state index < -0.39 is 0 Å². The summed E-state index contributed by atoms with van der Waals surface area (Å²) in [5, 5.41) is 7.62. The Labute approximate surface area is 156 Å². The lowest BCUT2D eigenvalue weighted by atomic mass is 10.0. The topological polar surface area (TPSA) is 47.1 Å². The predicted molar refractivity (Wildman–Crippen MR) is 103 cm³/mol. The lowest BCUT2D eigenvalue weighted by Gasteiger charge is -2.19. The van der Waals surface area contributed by atoms with Crippen LogP contribution in [0.15, 0.2) is 59.1 Å². The van der Waals surface area contributed by atoms with Gasteiger partial charge in [-0.3, -0.25) is 5.10 Å². The highest BCUT2D eigenvalue weighted by Crippen LogP contribution is 2.33. The van der Waals surface area contributed by atoms with E-state index in [1.165, 1.54) is 0 Å². The number of aromatic amines is 1. The molecule has 0 unspecified atom stereocenters. The Kier molecular flexibility index (Phi) is 6.02. The molecule has 0 saturated heterocycles. The molecule has 1 N–H and O–H groups in total. The molecule has 0 atom stereocenters. The maximum Gasteiger partial charge on any atom is 0.184 e. The molecular formula is C20H21BrN2O2. The zero-order chi connectivity index (χ0) is 17.6. The van der Waals surface area contributed by atoms with E-state index in [0.29, 0.717) is 13.2 Å². The minimum atomic E-state index is -0.388. The van der Waals surface area contributed by atoms with Crippen LogP contribution in [0, 0.1) is 0 Å². The summed E-state index contributed by atoms with van der Waals surface area (Å²) in [5.74, 6) is 0. The van der Waals surface area contributed by atoms with Gasteiger partial charge in [-0.05, 0) is 26.0 Å². The number of benzene rings is 2. The summed E-state index contributed by atoms with van der Waals surface area (Å²) in [6.07, 6.45) is -0.388. The Bertz CT molecular complexity index is 826. The van der Waals surface area contributed by atoms with Crippen molar-refractivity contribution in [3.63, 3.8) is 0 Å². The minimum absolute atomic E-state index is 0.388.